The fraction of sp³-hybridized carbons (Fsp3) is 0.824. The number of hydrogen-bond acceptors (Lipinski definition) is 3. The van der Waals surface area contributed by atoms with Crippen molar-refractivity contribution in [1.29, 1.82) is 0 Å². The van der Waals surface area contributed by atoms with Crippen molar-refractivity contribution in [2.24, 2.45) is 5.92 Å². The minimum atomic E-state index is -0.419. The van der Waals surface area contributed by atoms with E-state index in [-0.39, 0.29) is 6.09 Å². The molecule has 0 aromatic rings. The lowest BCUT2D eigenvalue weighted by atomic mass is 9.92. The number of allylic oxidation sites excluding steroid dienone is 1. The van der Waals surface area contributed by atoms with Crippen LogP contribution in [-0.4, -0.2) is 42.3 Å². The molecule has 0 saturated carbocycles. The van der Waals surface area contributed by atoms with Crippen molar-refractivity contribution in [3.8, 4) is 0 Å². The third-order valence-electron chi connectivity index (χ3n) is 3.77. The zero-order valence-electron chi connectivity index (χ0n) is 14.5. The summed E-state index contributed by atoms with van der Waals surface area (Å²) in [5.41, 5.74) is 0.908. The van der Waals surface area contributed by atoms with E-state index < -0.39 is 5.60 Å². The first-order valence-corrected chi connectivity index (χ1v) is 8.03. The number of likely N-dealkylation sites (tertiary alicyclic amines) is 1. The van der Waals surface area contributed by atoms with Crippen molar-refractivity contribution in [2.75, 3.05) is 19.6 Å². The predicted molar refractivity (Wildman–Crippen MR) is 87.4 cm³/mol. The monoisotopic (exact) mass is 296 g/mol. The van der Waals surface area contributed by atoms with Crippen LogP contribution < -0.4 is 5.32 Å². The Balaban J connectivity index is 2.47. The van der Waals surface area contributed by atoms with E-state index in [4.69, 9.17) is 4.74 Å². The fourth-order valence-corrected chi connectivity index (χ4v) is 2.53. The van der Waals surface area contributed by atoms with Gasteiger partial charge in [-0.05, 0) is 60.3 Å². The average Bonchev–Trinajstić information content (AvgIpc) is 2.36. The van der Waals surface area contributed by atoms with Gasteiger partial charge in [-0.1, -0.05) is 11.6 Å². The second-order valence-corrected chi connectivity index (χ2v) is 7.31. The lowest BCUT2D eigenvalue weighted by molar-refractivity contribution is 0.0149. The number of hydrogen-bond donors (Lipinski definition) is 1. The van der Waals surface area contributed by atoms with Gasteiger partial charge < -0.3 is 15.0 Å². The van der Waals surface area contributed by atoms with E-state index in [0.29, 0.717) is 12.0 Å². The summed E-state index contributed by atoms with van der Waals surface area (Å²) in [5, 5.41) is 3.54. The molecule has 1 aliphatic rings. The molecule has 4 heteroatoms. The predicted octanol–water partition coefficient (Wildman–Crippen LogP) is 3.58. The average molecular weight is 296 g/mol. The summed E-state index contributed by atoms with van der Waals surface area (Å²) in [6.45, 7) is 14.7. The van der Waals surface area contributed by atoms with E-state index >= 15 is 0 Å². The molecule has 1 aliphatic heterocycles. The van der Waals surface area contributed by atoms with Gasteiger partial charge in [-0.3, -0.25) is 0 Å². The Kier molecular flexibility index (Phi) is 6.72. The number of amides is 1. The summed E-state index contributed by atoms with van der Waals surface area (Å²) in [7, 11) is 0. The number of carbonyl (C=O) groups is 1. The summed E-state index contributed by atoms with van der Waals surface area (Å²) in [4.78, 5) is 14.0. The van der Waals surface area contributed by atoms with Crippen LogP contribution in [0, 0.1) is 5.92 Å². The quantitative estimate of drug-likeness (QED) is 0.806. The van der Waals surface area contributed by atoms with E-state index in [1.165, 1.54) is 12.0 Å². The van der Waals surface area contributed by atoms with Gasteiger partial charge in [0.2, 0.25) is 0 Å². The molecule has 2 atom stereocenters. The van der Waals surface area contributed by atoms with Crippen LogP contribution in [0.3, 0.4) is 0 Å². The molecule has 0 aromatic heterocycles. The van der Waals surface area contributed by atoms with Gasteiger partial charge in [0.05, 0.1) is 0 Å². The summed E-state index contributed by atoms with van der Waals surface area (Å²) in [6.07, 6.45) is 4.25. The van der Waals surface area contributed by atoms with Gasteiger partial charge in [-0.15, -0.1) is 0 Å². The molecule has 1 fully saturated rings. The number of nitrogens with zero attached hydrogens (tertiary/aromatic N) is 1. The van der Waals surface area contributed by atoms with Gasteiger partial charge in [0.15, 0.2) is 0 Å². The molecule has 1 saturated heterocycles. The highest BCUT2D eigenvalue weighted by atomic mass is 16.6. The molecule has 0 aromatic carbocycles. The van der Waals surface area contributed by atoms with E-state index in [9.17, 15) is 4.79 Å². The first kappa shape index (κ1) is 18.0. The lowest BCUT2D eigenvalue weighted by Gasteiger charge is -2.36. The maximum absolute atomic E-state index is 12.2. The Morgan fingerprint density at radius 3 is 2.67 bits per heavy atom. The first-order valence-electron chi connectivity index (χ1n) is 8.03. The van der Waals surface area contributed by atoms with Crippen LogP contribution in [0.1, 0.15) is 54.4 Å². The minimum Gasteiger partial charge on any atom is -0.444 e. The second-order valence-electron chi connectivity index (χ2n) is 7.31. The Bertz CT molecular complexity index is 367. The Hall–Kier alpha value is -1.03. The Morgan fingerprint density at radius 2 is 2.10 bits per heavy atom. The number of piperidine rings is 1. The molecular formula is C17H32N2O2. The van der Waals surface area contributed by atoms with Crippen molar-refractivity contribution in [2.45, 2.75) is 66.0 Å². The highest BCUT2D eigenvalue weighted by Crippen LogP contribution is 2.21. The molecule has 0 bridgehead atoms. The zero-order chi connectivity index (χ0) is 16.0. The molecule has 122 valence electrons. The topological polar surface area (TPSA) is 41.6 Å². The molecule has 1 amide bonds. The molecule has 2 unspecified atom stereocenters. The smallest absolute Gasteiger partial charge is 0.410 e. The van der Waals surface area contributed by atoms with Crippen molar-refractivity contribution >= 4 is 6.09 Å². The normalized spacial score (nSPS) is 20.9. The van der Waals surface area contributed by atoms with Gasteiger partial charge in [0.1, 0.15) is 5.60 Å². The lowest BCUT2D eigenvalue weighted by Crippen LogP contribution is -2.48. The molecule has 0 aliphatic carbocycles. The van der Waals surface area contributed by atoms with Crippen molar-refractivity contribution in [3.63, 3.8) is 0 Å². The fourth-order valence-electron chi connectivity index (χ4n) is 2.53. The van der Waals surface area contributed by atoms with Crippen LogP contribution >= 0.6 is 0 Å². The first-order chi connectivity index (χ1) is 9.69. The van der Waals surface area contributed by atoms with Crippen LogP contribution in [0.15, 0.2) is 11.6 Å². The van der Waals surface area contributed by atoms with Crippen LogP contribution in [0.2, 0.25) is 0 Å². The van der Waals surface area contributed by atoms with Gasteiger partial charge in [0.25, 0.3) is 0 Å². The highest BCUT2D eigenvalue weighted by Gasteiger charge is 2.29. The molecule has 21 heavy (non-hydrogen) atoms. The van der Waals surface area contributed by atoms with Crippen LogP contribution in [-0.2, 0) is 4.74 Å². The standard InChI is InChI=1S/C17H32N2O2/c1-13(2)9-10-18-14(3)15-8-7-11-19(12-15)16(20)21-17(4,5)6/h9,14-15,18H,7-8,10-12H2,1-6H3. The van der Waals surface area contributed by atoms with Gasteiger partial charge in [-0.2, -0.15) is 0 Å². The number of ether oxygens (including phenoxy) is 1. The number of nitrogens with one attached hydrogen (secondary N) is 1. The van der Waals surface area contributed by atoms with E-state index in [2.05, 4.69) is 32.2 Å². The van der Waals surface area contributed by atoms with Gasteiger partial charge in [0, 0.05) is 25.7 Å². The van der Waals surface area contributed by atoms with Crippen molar-refractivity contribution in [3.05, 3.63) is 11.6 Å². The van der Waals surface area contributed by atoms with Gasteiger partial charge in [-0.25, -0.2) is 4.79 Å². The number of rotatable bonds is 4. The molecule has 0 radical (unpaired) electrons. The maximum Gasteiger partial charge on any atom is 0.410 e. The summed E-state index contributed by atoms with van der Waals surface area (Å²) in [5.74, 6) is 0.497. The summed E-state index contributed by atoms with van der Waals surface area (Å²) >= 11 is 0. The maximum atomic E-state index is 12.2. The molecular weight excluding hydrogens is 264 g/mol. The van der Waals surface area contributed by atoms with Crippen LogP contribution in [0.25, 0.3) is 0 Å². The zero-order valence-corrected chi connectivity index (χ0v) is 14.5. The second kappa shape index (κ2) is 7.83. The summed E-state index contributed by atoms with van der Waals surface area (Å²) < 4.78 is 5.47. The van der Waals surface area contributed by atoms with Crippen molar-refractivity contribution < 1.29 is 9.53 Å². The summed E-state index contributed by atoms with van der Waals surface area (Å²) in [6, 6.07) is 0.408. The van der Waals surface area contributed by atoms with Crippen molar-refractivity contribution in [1.82, 2.24) is 10.2 Å². The third kappa shape index (κ3) is 6.98. The Labute approximate surface area is 129 Å². The van der Waals surface area contributed by atoms with E-state index in [1.807, 2.05) is 25.7 Å². The molecule has 0 spiro atoms. The van der Waals surface area contributed by atoms with E-state index in [0.717, 1.165) is 26.1 Å². The third-order valence-corrected chi connectivity index (χ3v) is 3.77. The van der Waals surface area contributed by atoms with Crippen LogP contribution in [0.4, 0.5) is 4.79 Å². The van der Waals surface area contributed by atoms with E-state index in [1.54, 1.807) is 0 Å². The highest BCUT2D eigenvalue weighted by molar-refractivity contribution is 5.68. The number of carbonyl (C=O) groups excluding carboxylic acids is 1. The molecule has 4 nitrogen and oxygen atoms in total. The molecule has 1 heterocycles. The Morgan fingerprint density at radius 1 is 1.43 bits per heavy atom. The van der Waals surface area contributed by atoms with Gasteiger partial charge >= 0.3 is 6.09 Å². The SMILES string of the molecule is CC(C)=CCNC(C)C1CCCN(C(=O)OC(C)(C)C)C1. The molecule has 1 N–H and O–H groups in total. The largest absolute Gasteiger partial charge is 0.444 e. The van der Waals surface area contributed by atoms with Crippen LogP contribution in [0.5, 0.6) is 0 Å². The molecule has 1 rings (SSSR count). The minimum absolute atomic E-state index is 0.177.